The molecule has 0 fully saturated rings. The number of ketones is 1. The van der Waals surface area contributed by atoms with Gasteiger partial charge in [0.1, 0.15) is 11.4 Å². The first kappa shape index (κ1) is 63.6. The highest BCUT2D eigenvalue weighted by Crippen LogP contribution is 2.54. The van der Waals surface area contributed by atoms with Gasteiger partial charge in [0.2, 0.25) is 12.5 Å². The number of hydrazine groups is 2. The van der Waals surface area contributed by atoms with Crippen molar-refractivity contribution in [1.29, 1.82) is 0 Å². The third-order valence-corrected chi connectivity index (χ3v) is 13.7. The summed E-state index contributed by atoms with van der Waals surface area (Å²) in [6.07, 6.45) is -1.19. The Bertz CT molecular complexity index is 3060. The van der Waals surface area contributed by atoms with Crippen molar-refractivity contribution in [2.24, 2.45) is 17.7 Å². The smallest absolute Gasteiger partial charge is 0.307 e. The molecular formula is C58H78N10O14. The zero-order chi connectivity index (χ0) is 59.5. The predicted molar refractivity (Wildman–Crippen MR) is 309 cm³/mol. The number of hydrogen-bond donors (Lipinski definition) is 14. The van der Waals surface area contributed by atoms with Gasteiger partial charge in [-0.15, -0.1) is 0 Å². The lowest BCUT2D eigenvalue weighted by Gasteiger charge is -2.40. The predicted octanol–water partition coefficient (Wildman–Crippen LogP) is 2.98. The van der Waals surface area contributed by atoms with Gasteiger partial charge in [-0.3, -0.25) is 41.2 Å². The zero-order valence-electron chi connectivity index (χ0n) is 47.3. The van der Waals surface area contributed by atoms with Crippen LogP contribution in [-0.2, 0) is 17.9 Å². The van der Waals surface area contributed by atoms with Gasteiger partial charge in [-0.2, -0.15) is 5.10 Å². The number of nitrogens with two attached hydrogens (primary N) is 1. The third-order valence-electron chi connectivity index (χ3n) is 13.7. The molecule has 0 spiro atoms. The summed E-state index contributed by atoms with van der Waals surface area (Å²) in [5.74, 6) is 2.60. The summed E-state index contributed by atoms with van der Waals surface area (Å²) in [4.78, 5) is 37.5. The molecule has 0 saturated heterocycles. The SMILES string of the molecule is CCNN.CNNCc1ccc(C(=O)NC(C)C)cc1.COc1cc([C@@H]2c3cc4c(cc3[C@H](O)[C@@H](CO)[C@@H]2C(=O)O)OCO4)cc(OC)c1OC.O=C1c2c(O)cccc2-c2nn(CCNCCO)c3ccc(NCCNCCO)c1c23. The van der Waals surface area contributed by atoms with Crippen LogP contribution in [0.4, 0.5) is 5.69 Å². The van der Waals surface area contributed by atoms with E-state index in [9.17, 15) is 34.8 Å². The van der Waals surface area contributed by atoms with Crippen LogP contribution in [0.5, 0.6) is 34.5 Å². The largest absolute Gasteiger partial charge is 0.507 e. The van der Waals surface area contributed by atoms with Crippen LogP contribution in [0.15, 0.2) is 78.9 Å². The van der Waals surface area contributed by atoms with Gasteiger partial charge in [0, 0.05) is 92.5 Å². The number of aliphatic hydroxyl groups excluding tert-OH is 4. The molecule has 24 heteroatoms. The first-order chi connectivity index (χ1) is 39.7. The number of anilines is 1. The van der Waals surface area contributed by atoms with E-state index < -0.39 is 36.4 Å². The molecular weight excluding hydrogens is 1060 g/mol. The van der Waals surface area contributed by atoms with Gasteiger partial charge in [-0.1, -0.05) is 31.2 Å². The summed E-state index contributed by atoms with van der Waals surface area (Å²) in [7, 11) is 6.26. The summed E-state index contributed by atoms with van der Waals surface area (Å²) in [5.41, 5.74) is 15.4. The van der Waals surface area contributed by atoms with Crippen LogP contribution in [0.25, 0.3) is 22.2 Å². The molecule has 0 bridgehead atoms. The lowest BCUT2D eigenvalue weighted by Crippen LogP contribution is -2.40. The van der Waals surface area contributed by atoms with Gasteiger partial charge in [-0.25, -0.2) is 0 Å². The zero-order valence-corrected chi connectivity index (χ0v) is 47.3. The van der Waals surface area contributed by atoms with Crippen molar-refractivity contribution in [3.8, 4) is 45.8 Å². The van der Waals surface area contributed by atoms with Gasteiger partial charge < -0.3 is 75.6 Å². The van der Waals surface area contributed by atoms with Crippen LogP contribution >= 0.6 is 0 Å². The van der Waals surface area contributed by atoms with Crippen LogP contribution in [0.2, 0.25) is 0 Å². The second-order valence-corrected chi connectivity index (χ2v) is 19.3. The normalized spacial score (nSPS) is 16.1. The minimum absolute atomic E-state index is 0.0249. The number of benzene rings is 5. The van der Waals surface area contributed by atoms with E-state index in [1.165, 1.54) is 27.4 Å². The number of aromatic hydroxyl groups is 1. The van der Waals surface area contributed by atoms with E-state index in [0.717, 1.165) is 29.6 Å². The van der Waals surface area contributed by atoms with Crippen molar-refractivity contribution in [1.82, 2.24) is 42.0 Å². The lowest BCUT2D eigenvalue weighted by molar-refractivity contribution is -0.148. The minimum Gasteiger partial charge on any atom is -0.507 e. The van der Waals surface area contributed by atoms with Crippen LogP contribution in [0.3, 0.4) is 0 Å². The van der Waals surface area contributed by atoms with Crippen molar-refractivity contribution in [2.75, 3.05) is 99.6 Å². The Hall–Kier alpha value is -7.62. The molecule has 1 amide bonds. The number of nitrogens with one attached hydrogen (secondary N) is 7. The Morgan fingerprint density at radius 3 is 2.06 bits per heavy atom. The van der Waals surface area contributed by atoms with Gasteiger partial charge in [0.25, 0.3) is 5.91 Å². The Labute approximate surface area is 476 Å². The monoisotopic (exact) mass is 1140 g/mol. The van der Waals surface area contributed by atoms with E-state index >= 15 is 0 Å². The number of carbonyl (C=O) groups excluding carboxylic acids is 2. The van der Waals surface area contributed by atoms with Gasteiger partial charge in [-0.05, 0) is 97.7 Å². The Balaban J connectivity index is 0.000000201. The summed E-state index contributed by atoms with van der Waals surface area (Å²) in [6, 6.07) is 23.3. The summed E-state index contributed by atoms with van der Waals surface area (Å²) >= 11 is 0. The number of amides is 1. The van der Waals surface area contributed by atoms with Gasteiger partial charge >= 0.3 is 5.97 Å². The van der Waals surface area contributed by atoms with Crippen LogP contribution < -0.4 is 67.1 Å². The molecule has 3 aliphatic rings. The topological polar surface area (TPSA) is 347 Å². The summed E-state index contributed by atoms with van der Waals surface area (Å²) in [6.45, 7) is 10.5. The number of aromatic nitrogens is 2. The maximum Gasteiger partial charge on any atom is 0.307 e. The molecule has 0 saturated carbocycles. The number of phenols is 1. The molecule has 5 aromatic carbocycles. The first-order valence-electron chi connectivity index (χ1n) is 26.9. The van der Waals surface area contributed by atoms with E-state index in [0.29, 0.717) is 113 Å². The quantitative estimate of drug-likeness (QED) is 0.0249. The second-order valence-electron chi connectivity index (χ2n) is 19.3. The molecule has 1 aromatic heterocycles. The lowest BCUT2D eigenvalue weighted by atomic mass is 9.65. The Morgan fingerprint density at radius 2 is 1.49 bits per heavy atom. The molecule has 444 valence electrons. The number of fused-ring (bicyclic) bond motifs is 4. The highest BCUT2D eigenvalue weighted by Gasteiger charge is 2.48. The minimum atomic E-state index is -1.19. The maximum atomic E-state index is 13.5. The molecule has 0 radical (unpaired) electrons. The van der Waals surface area contributed by atoms with Crippen molar-refractivity contribution >= 4 is 34.3 Å². The first-order valence-corrected chi connectivity index (χ1v) is 26.9. The highest BCUT2D eigenvalue weighted by molar-refractivity contribution is 6.28. The number of phenolic OH excluding ortho intramolecular Hbond substituents is 1. The molecule has 2 aliphatic carbocycles. The van der Waals surface area contributed by atoms with E-state index in [2.05, 4.69) is 37.5 Å². The van der Waals surface area contributed by atoms with E-state index in [1.807, 2.05) is 75.0 Å². The van der Waals surface area contributed by atoms with Gasteiger partial charge in [0.05, 0.1) is 69.8 Å². The highest BCUT2D eigenvalue weighted by atomic mass is 16.7. The van der Waals surface area contributed by atoms with Crippen molar-refractivity contribution < 1.29 is 68.7 Å². The second kappa shape index (κ2) is 31.0. The fraction of sp³-hybridized carbons (Fsp3) is 0.414. The number of carbonyl (C=O) groups is 3. The number of methoxy groups -OCH3 is 3. The molecule has 82 heavy (non-hydrogen) atoms. The average Bonchev–Trinajstić information content (AvgIpc) is 3.37. The standard InChI is InChI=1S/C22H27N5O4.C22H24O9.C12H19N3O.C2H8N2/c28-12-9-23-6-7-25-15-4-5-16-20-19(15)22(31)18-14(2-1-3-17(18)30)21(20)26-27(16)11-8-24-10-13-29;1-27-16-4-10(5-17(28-2)21(16)29-3)18-11-6-14-15(31-9-30-14)7-12(11)20(24)13(8-23)19(18)22(25)26;1-9(2)15-12(16)11-6-4-10(5-7-11)8-14-13-3;1-2-4-3/h1-5,23-25,28-30H,6-13H2;4-7,13,18-20,23-24H,8-9H2,1-3H3,(H,25,26);4-7,9,13-14H,8H2,1-3H3,(H,15,16);4H,2-3H2,1H3/t;13-,18+,19-,20-;;/m.0../s1. The number of carboxylic acid groups (broad SMARTS) is 1. The molecule has 6 aromatic rings. The molecule has 2 heterocycles. The van der Waals surface area contributed by atoms with Crippen molar-refractivity contribution in [3.63, 3.8) is 0 Å². The summed E-state index contributed by atoms with van der Waals surface area (Å²) in [5, 5.41) is 77.3. The number of hydrogen-bond acceptors (Lipinski definition) is 21. The van der Waals surface area contributed by atoms with Crippen LogP contribution in [-0.4, -0.2) is 158 Å². The van der Waals surface area contributed by atoms with Crippen molar-refractivity contribution in [3.05, 3.63) is 118 Å². The molecule has 24 nitrogen and oxygen atoms in total. The summed E-state index contributed by atoms with van der Waals surface area (Å²) < 4.78 is 29.1. The molecule has 9 rings (SSSR count). The number of ether oxygens (including phenoxy) is 5. The number of aliphatic hydroxyl groups is 4. The van der Waals surface area contributed by atoms with E-state index in [1.54, 1.807) is 30.3 Å². The van der Waals surface area contributed by atoms with Crippen LogP contribution in [0.1, 0.15) is 81.3 Å². The third kappa shape index (κ3) is 14.9. The Kier molecular flexibility index (Phi) is 24.0. The van der Waals surface area contributed by atoms with E-state index in [4.69, 9.17) is 44.8 Å². The average molecular weight is 1140 g/mol. The van der Waals surface area contributed by atoms with E-state index in [-0.39, 0.29) is 49.1 Å². The molecule has 1 aliphatic heterocycles. The fourth-order valence-electron chi connectivity index (χ4n) is 9.88. The molecule has 4 atom stereocenters. The number of aliphatic carboxylic acids is 1. The number of rotatable bonds is 23. The fourth-order valence-corrected chi connectivity index (χ4v) is 9.88. The van der Waals surface area contributed by atoms with Crippen molar-refractivity contribution in [2.45, 2.75) is 51.9 Å². The van der Waals surface area contributed by atoms with Crippen LogP contribution in [0, 0.1) is 11.8 Å². The molecule has 15 N–H and O–H groups in total. The maximum absolute atomic E-state index is 13.5. The number of carboxylic acids is 1. The Morgan fingerprint density at radius 1 is 0.841 bits per heavy atom. The number of nitrogens with zero attached hydrogens (tertiary/aromatic N) is 2. The molecule has 0 unspecified atom stereocenters. The van der Waals surface area contributed by atoms with Gasteiger partial charge in [0.15, 0.2) is 28.8 Å².